The summed E-state index contributed by atoms with van der Waals surface area (Å²) in [5, 5.41) is 12.9. The Hall–Kier alpha value is -2.37. The highest BCUT2D eigenvalue weighted by Crippen LogP contribution is 2.38. The van der Waals surface area contributed by atoms with Gasteiger partial charge in [0, 0.05) is 24.6 Å². The molecule has 0 saturated carbocycles. The van der Waals surface area contributed by atoms with E-state index in [1.165, 1.54) is 0 Å². The van der Waals surface area contributed by atoms with Crippen molar-refractivity contribution in [2.45, 2.75) is 32.2 Å². The fourth-order valence-electron chi connectivity index (χ4n) is 2.78. The molecule has 0 fully saturated rings. The lowest BCUT2D eigenvalue weighted by Gasteiger charge is -2.17. The van der Waals surface area contributed by atoms with Crippen molar-refractivity contribution in [2.24, 2.45) is 0 Å². The summed E-state index contributed by atoms with van der Waals surface area (Å²) < 4.78 is 5.23. The number of carbonyl (C=O) groups is 1. The molecule has 1 aromatic carbocycles. The van der Waals surface area contributed by atoms with Gasteiger partial charge in [-0.15, -0.1) is 0 Å². The zero-order valence-electron chi connectivity index (χ0n) is 11.8. The van der Waals surface area contributed by atoms with Crippen molar-refractivity contribution in [3.8, 4) is 0 Å². The number of hydrogen-bond donors (Lipinski definition) is 1. The summed E-state index contributed by atoms with van der Waals surface area (Å²) >= 11 is 0. The van der Waals surface area contributed by atoms with Crippen molar-refractivity contribution in [3.63, 3.8) is 0 Å². The molecule has 0 bridgehead atoms. The lowest BCUT2D eigenvalue weighted by molar-refractivity contribution is -0.137. The SMILES string of the molecule is CCc1noc(CN2CC(CC(=O)O)c3ccccc32)n1. The first-order valence-corrected chi connectivity index (χ1v) is 7.04. The van der Waals surface area contributed by atoms with Gasteiger partial charge in [0.25, 0.3) is 0 Å². The molecule has 6 nitrogen and oxygen atoms in total. The molecule has 1 aromatic heterocycles. The Morgan fingerprint density at radius 1 is 1.48 bits per heavy atom. The number of para-hydroxylation sites is 1. The van der Waals surface area contributed by atoms with Crippen LogP contribution < -0.4 is 4.90 Å². The number of carboxylic acid groups (broad SMARTS) is 1. The molecule has 2 aromatic rings. The maximum absolute atomic E-state index is 11.0. The number of benzene rings is 1. The highest BCUT2D eigenvalue weighted by atomic mass is 16.5. The standard InChI is InChI=1S/C15H17N3O3/c1-2-13-16-14(21-17-13)9-18-8-10(7-15(19)20)11-5-3-4-6-12(11)18/h3-6,10H,2,7-9H2,1H3,(H,19,20). The average Bonchev–Trinajstić information content (AvgIpc) is 3.05. The summed E-state index contributed by atoms with van der Waals surface area (Å²) in [6, 6.07) is 7.90. The first-order valence-electron chi connectivity index (χ1n) is 7.04. The van der Waals surface area contributed by atoms with Crippen molar-refractivity contribution in [1.82, 2.24) is 10.1 Å². The Morgan fingerprint density at radius 3 is 3.00 bits per heavy atom. The minimum Gasteiger partial charge on any atom is -0.481 e. The zero-order valence-corrected chi connectivity index (χ0v) is 11.8. The fraction of sp³-hybridized carbons (Fsp3) is 0.400. The predicted molar refractivity (Wildman–Crippen MR) is 76.2 cm³/mol. The quantitative estimate of drug-likeness (QED) is 0.908. The summed E-state index contributed by atoms with van der Waals surface area (Å²) in [6.45, 7) is 3.15. The van der Waals surface area contributed by atoms with Gasteiger partial charge in [0.2, 0.25) is 5.89 Å². The largest absolute Gasteiger partial charge is 0.481 e. The number of aliphatic carboxylic acids is 1. The third kappa shape index (κ3) is 2.74. The Morgan fingerprint density at radius 2 is 2.29 bits per heavy atom. The maximum atomic E-state index is 11.0. The first kappa shape index (κ1) is 13.6. The predicted octanol–water partition coefficient (Wildman–Crippen LogP) is 2.21. The van der Waals surface area contributed by atoms with Crippen LogP contribution in [0.5, 0.6) is 0 Å². The molecule has 0 aliphatic carbocycles. The third-order valence-corrected chi connectivity index (χ3v) is 3.73. The summed E-state index contributed by atoms with van der Waals surface area (Å²) in [5.41, 5.74) is 2.13. The maximum Gasteiger partial charge on any atom is 0.304 e. The van der Waals surface area contributed by atoms with Crippen LogP contribution in [0.4, 0.5) is 5.69 Å². The van der Waals surface area contributed by atoms with Crippen LogP contribution >= 0.6 is 0 Å². The van der Waals surface area contributed by atoms with Gasteiger partial charge in [-0.25, -0.2) is 0 Å². The van der Waals surface area contributed by atoms with E-state index in [2.05, 4.69) is 15.0 Å². The number of nitrogens with zero attached hydrogens (tertiary/aromatic N) is 3. The molecule has 6 heteroatoms. The minimum atomic E-state index is -0.775. The number of aromatic nitrogens is 2. The molecular formula is C15H17N3O3. The van der Waals surface area contributed by atoms with Gasteiger partial charge in [-0.3, -0.25) is 4.79 Å². The van der Waals surface area contributed by atoms with Gasteiger partial charge in [0.05, 0.1) is 13.0 Å². The number of anilines is 1. The van der Waals surface area contributed by atoms with E-state index in [9.17, 15) is 4.79 Å². The van der Waals surface area contributed by atoms with Gasteiger partial charge in [0.15, 0.2) is 5.82 Å². The van der Waals surface area contributed by atoms with Gasteiger partial charge >= 0.3 is 5.97 Å². The van der Waals surface area contributed by atoms with Crippen LogP contribution in [0.25, 0.3) is 0 Å². The third-order valence-electron chi connectivity index (χ3n) is 3.73. The average molecular weight is 287 g/mol. The number of aryl methyl sites for hydroxylation is 1. The number of rotatable bonds is 5. The number of carboxylic acids is 1. The molecule has 0 radical (unpaired) electrons. The second-order valence-electron chi connectivity index (χ2n) is 5.19. The molecule has 0 spiro atoms. The summed E-state index contributed by atoms with van der Waals surface area (Å²) in [4.78, 5) is 17.4. The molecule has 1 aliphatic heterocycles. The first-order chi connectivity index (χ1) is 10.2. The van der Waals surface area contributed by atoms with E-state index >= 15 is 0 Å². The topological polar surface area (TPSA) is 79.5 Å². The Bertz CT molecular complexity index is 653. The van der Waals surface area contributed by atoms with Gasteiger partial charge < -0.3 is 14.5 Å². The smallest absolute Gasteiger partial charge is 0.304 e. The molecule has 3 rings (SSSR count). The van der Waals surface area contributed by atoms with Gasteiger partial charge in [-0.2, -0.15) is 4.98 Å². The number of hydrogen-bond acceptors (Lipinski definition) is 5. The van der Waals surface area contributed by atoms with Crippen molar-refractivity contribution in [1.29, 1.82) is 0 Å². The molecule has 2 heterocycles. The van der Waals surface area contributed by atoms with E-state index in [4.69, 9.17) is 9.63 Å². The van der Waals surface area contributed by atoms with E-state index in [0.29, 0.717) is 24.8 Å². The molecule has 21 heavy (non-hydrogen) atoms. The second kappa shape index (κ2) is 5.55. The van der Waals surface area contributed by atoms with E-state index in [0.717, 1.165) is 17.7 Å². The van der Waals surface area contributed by atoms with Gasteiger partial charge in [0.1, 0.15) is 0 Å². The van der Waals surface area contributed by atoms with Crippen LogP contribution in [0.3, 0.4) is 0 Å². The highest BCUT2D eigenvalue weighted by molar-refractivity contribution is 5.71. The molecule has 1 atom stereocenters. The van der Waals surface area contributed by atoms with Gasteiger partial charge in [-0.05, 0) is 11.6 Å². The highest BCUT2D eigenvalue weighted by Gasteiger charge is 2.30. The van der Waals surface area contributed by atoms with Crippen LogP contribution in [0, 0.1) is 0 Å². The summed E-state index contributed by atoms with van der Waals surface area (Å²) in [5.74, 6) is 0.493. The molecule has 0 amide bonds. The molecule has 1 unspecified atom stereocenters. The molecule has 1 N–H and O–H groups in total. The Labute approximate surface area is 122 Å². The van der Waals surface area contributed by atoms with Crippen molar-refractivity contribution in [2.75, 3.05) is 11.4 Å². The molecule has 0 saturated heterocycles. The lowest BCUT2D eigenvalue weighted by atomic mass is 9.98. The van der Waals surface area contributed by atoms with E-state index in [-0.39, 0.29) is 12.3 Å². The Balaban J connectivity index is 1.82. The van der Waals surface area contributed by atoms with Crippen LogP contribution in [0.15, 0.2) is 28.8 Å². The second-order valence-corrected chi connectivity index (χ2v) is 5.19. The monoisotopic (exact) mass is 287 g/mol. The van der Waals surface area contributed by atoms with Crippen LogP contribution in [-0.2, 0) is 17.8 Å². The zero-order chi connectivity index (χ0) is 14.8. The lowest BCUT2D eigenvalue weighted by Crippen LogP contribution is -2.22. The van der Waals surface area contributed by atoms with E-state index in [1.54, 1.807) is 0 Å². The summed E-state index contributed by atoms with van der Waals surface area (Å²) in [6.07, 6.45) is 0.874. The van der Waals surface area contributed by atoms with E-state index < -0.39 is 5.97 Å². The number of fused-ring (bicyclic) bond motifs is 1. The van der Waals surface area contributed by atoms with E-state index in [1.807, 2.05) is 31.2 Å². The van der Waals surface area contributed by atoms with Gasteiger partial charge in [-0.1, -0.05) is 30.3 Å². The molecule has 110 valence electrons. The Kier molecular flexibility index (Phi) is 3.60. The molecular weight excluding hydrogens is 270 g/mol. The van der Waals surface area contributed by atoms with Crippen molar-refractivity contribution in [3.05, 3.63) is 41.5 Å². The van der Waals surface area contributed by atoms with Crippen LogP contribution in [0.2, 0.25) is 0 Å². The summed E-state index contributed by atoms with van der Waals surface area (Å²) in [7, 11) is 0. The fourth-order valence-corrected chi connectivity index (χ4v) is 2.78. The van der Waals surface area contributed by atoms with Crippen molar-refractivity contribution < 1.29 is 14.4 Å². The normalized spacial score (nSPS) is 17.0. The van der Waals surface area contributed by atoms with Crippen LogP contribution in [-0.4, -0.2) is 27.8 Å². The van der Waals surface area contributed by atoms with Crippen LogP contribution in [0.1, 0.15) is 36.5 Å². The van der Waals surface area contributed by atoms with Crippen molar-refractivity contribution >= 4 is 11.7 Å². The minimum absolute atomic E-state index is 0.00673. The molecule has 1 aliphatic rings.